The van der Waals surface area contributed by atoms with E-state index in [2.05, 4.69) is 10.6 Å². The average molecular weight is 252 g/mol. The minimum absolute atomic E-state index is 0.00499. The van der Waals surface area contributed by atoms with Crippen LogP contribution in [0.15, 0.2) is 24.3 Å². The number of thiocarbonyl (C=S) groups is 1. The van der Waals surface area contributed by atoms with Crippen LogP contribution in [0.2, 0.25) is 0 Å². The van der Waals surface area contributed by atoms with Gasteiger partial charge in [-0.1, -0.05) is 41.7 Å². The topological polar surface area (TPSA) is 41.1 Å². The molecule has 0 aliphatic carbocycles. The van der Waals surface area contributed by atoms with Crippen LogP contribution in [0.25, 0.3) is 0 Å². The molecule has 0 saturated carbocycles. The highest BCUT2D eigenvalue weighted by atomic mass is 32.2. The minimum atomic E-state index is -0.117. The summed E-state index contributed by atoms with van der Waals surface area (Å²) in [5.74, 6) is -0.00499. The van der Waals surface area contributed by atoms with E-state index in [4.69, 9.17) is 12.2 Å². The summed E-state index contributed by atoms with van der Waals surface area (Å²) >= 11 is 6.33. The number of hydrogen-bond acceptors (Lipinski definition) is 4. The van der Waals surface area contributed by atoms with Crippen molar-refractivity contribution in [3.05, 3.63) is 29.8 Å². The Morgan fingerprint density at radius 2 is 2.12 bits per heavy atom. The van der Waals surface area contributed by atoms with Crippen molar-refractivity contribution in [1.29, 1.82) is 0 Å². The van der Waals surface area contributed by atoms with Crippen LogP contribution in [0.4, 0.5) is 5.69 Å². The van der Waals surface area contributed by atoms with Gasteiger partial charge in [-0.3, -0.25) is 4.79 Å². The smallest absolute Gasteiger partial charge is 0.240 e. The van der Waals surface area contributed by atoms with Crippen molar-refractivity contribution in [2.24, 2.45) is 0 Å². The Balaban J connectivity index is 1.90. The highest BCUT2D eigenvalue weighted by molar-refractivity contribution is 8.24. The molecule has 5 heteroatoms. The van der Waals surface area contributed by atoms with Gasteiger partial charge in [0.15, 0.2) is 0 Å². The molecule has 1 aromatic carbocycles. The standard InChI is InChI=1S/C11H12N2OS2/c1-7-2-4-8(5-3-7)12-6-9-10(14)13-11(15)16-9/h2-5,9,12H,6H2,1H3,(H,13,14,15)/t9-/m1/s1. The van der Waals surface area contributed by atoms with Crippen molar-refractivity contribution in [2.45, 2.75) is 12.2 Å². The molecule has 1 aliphatic heterocycles. The Bertz CT molecular complexity index is 416. The van der Waals surface area contributed by atoms with Gasteiger partial charge in [0.25, 0.3) is 0 Å². The molecule has 0 unspecified atom stereocenters. The van der Waals surface area contributed by atoms with Crippen LogP contribution in [0.3, 0.4) is 0 Å². The van der Waals surface area contributed by atoms with Crippen LogP contribution in [-0.4, -0.2) is 22.0 Å². The molecule has 0 spiro atoms. The molecular formula is C11H12N2OS2. The number of benzene rings is 1. The maximum absolute atomic E-state index is 11.4. The lowest BCUT2D eigenvalue weighted by atomic mass is 10.2. The fourth-order valence-corrected chi connectivity index (χ4v) is 2.61. The Morgan fingerprint density at radius 1 is 1.44 bits per heavy atom. The van der Waals surface area contributed by atoms with Crippen LogP contribution in [0, 0.1) is 6.92 Å². The maximum Gasteiger partial charge on any atom is 0.240 e. The molecule has 16 heavy (non-hydrogen) atoms. The monoisotopic (exact) mass is 252 g/mol. The fraction of sp³-hybridized carbons (Fsp3) is 0.273. The normalized spacial score (nSPS) is 19.7. The lowest BCUT2D eigenvalue weighted by Crippen LogP contribution is -2.28. The number of carbonyl (C=O) groups excluding carboxylic acids is 1. The van der Waals surface area contributed by atoms with Gasteiger partial charge in [-0.25, -0.2) is 0 Å². The number of carbonyl (C=O) groups is 1. The Kier molecular flexibility index (Phi) is 3.46. The molecule has 1 amide bonds. The van der Waals surface area contributed by atoms with Crippen molar-refractivity contribution in [3.63, 3.8) is 0 Å². The first-order chi connectivity index (χ1) is 7.65. The summed E-state index contributed by atoms with van der Waals surface area (Å²) in [6, 6.07) is 8.08. The zero-order valence-electron chi connectivity index (χ0n) is 8.82. The number of rotatable bonds is 3. The lowest BCUT2D eigenvalue weighted by molar-refractivity contribution is -0.118. The Morgan fingerprint density at radius 3 is 2.69 bits per heavy atom. The molecule has 2 N–H and O–H groups in total. The van der Waals surface area contributed by atoms with Gasteiger partial charge in [-0.15, -0.1) is 0 Å². The summed E-state index contributed by atoms with van der Waals surface area (Å²) in [7, 11) is 0. The number of amides is 1. The molecule has 1 aromatic rings. The van der Waals surface area contributed by atoms with Crippen LogP contribution in [0.5, 0.6) is 0 Å². The lowest BCUT2D eigenvalue weighted by Gasteiger charge is -2.09. The van der Waals surface area contributed by atoms with Crippen LogP contribution in [-0.2, 0) is 4.79 Å². The van der Waals surface area contributed by atoms with Gasteiger partial charge in [-0.2, -0.15) is 0 Å². The number of aryl methyl sites for hydroxylation is 1. The van der Waals surface area contributed by atoms with Crippen molar-refractivity contribution in [2.75, 3.05) is 11.9 Å². The molecule has 84 valence electrons. The molecule has 3 nitrogen and oxygen atoms in total. The summed E-state index contributed by atoms with van der Waals surface area (Å²) in [4.78, 5) is 11.4. The van der Waals surface area contributed by atoms with Crippen LogP contribution in [0.1, 0.15) is 5.56 Å². The van der Waals surface area contributed by atoms with Gasteiger partial charge >= 0.3 is 0 Å². The first-order valence-corrected chi connectivity index (χ1v) is 6.26. The fourth-order valence-electron chi connectivity index (χ4n) is 1.41. The van der Waals surface area contributed by atoms with Gasteiger partial charge in [0.05, 0.1) is 0 Å². The quantitative estimate of drug-likeness (QED) is 0.807. The van der Waals surface area contributed by atoms with Crippen molar-refractivity contribution < 1.29 is 4.79 Å². The molecule has 0 bridgehead atoms. The number of hydrogen-bond donors (Lipinski definition) is 2. The van der Waals surface area contributed by atoms with Gasteiger partial charge < -0.3 is 10.6 Å². The van der Waals surface area contributed by atoms with E-state index in [9.17, 15) is 4.79 Å². The highest BCUT2D eigenvalue weighted by Crippen LogP contribution is 2.20. The maximum atomic E-state index is 11.4. The zero-order valence-corrected chi connectivity index (χ0v) is 10.5. The van der Waals surface area contributed by atoms with E-state index in [0.29, 0.717) is 10.9 Å². The average Bonchev–Trinajstić information content (AvgIpc) is 2.57. The number of thioether (sulfide) groups is 1. The van der Waals surface area contributed by atoms with Gasteiger partial charge in [-0.05, 0) is 19.1 Å². The second kappa shape index (κ2) is 4.84. The minimum Gasteiger partial charge on any atom is -0.383 e. The highest BCUT2D eigenvalue weighted by Gasteiger charge is 2.28. The summed E-state index contributed by atoms with van der Waals surface area (Å²) < 4.78 is 0.570. The second-order valence-corrected chi connectivity index (χ2v) is 5.51. The van der Waals surface area contributed by atoms with E-state index in [-0.39, 0.29) is 11.2 Å². The predicted molar refractivity (Wildman–Crippen MR) is 71.8 cm³/mol. The largest absolute Gasteiger partial charge is 0.383 e. The third-order valence-electron chi connectivity index (χ3n) is 2.31. The van der Waals surface area contributed by atoms with E-state index >= 15 is 0 Å². The van der Waals surface area contributed by atoms with E-state index in [1.165, 1.54) is 17.3 Å². The predicted octanol–water partition coefficient (Wildman–Crippen LogP) is 1.92. The Hall–Kier alpha value is -1.07. The molecule has 1 heterocycles. The third-order valence-corrected chi connectivity index (χ3v) is 3.68. The summed E-state index contributed by atoms with van der Waals surface area (Å²) in [5.41, 5.74) is 2.25. The van der Waals surface area contributed by atoms with Gasteiger partial charge in [0.2, 0.25) is 5.91 Å². The molecule has 1 fully saturated rings. The molecule has 1 aliphatic rings. The SMILES string of the molecule is Cc1ccc(NC[C@H]2SC(=S)NC2=O)cc1. The third kappa shape index (κ3) is 2.74. The van der Waals surface area contributed by atoms with Crippen molar-refractivity contribution >= 4 is 39.9 Å². The molecule has 2 rings (SSSR count). The molecular weight excluding hydrogens is 240 g/mol. The molecule has 0 aromatic heterocycles. The number of anilines is 1. The second-order valence-electron chi connectivity index (χ2n) is 3.63. The number of nitrogens with one attached hydrogen (secondary N) is 2. The van der Waals surface area contributed by atoms with Crippen molar-refractivity contribution in [3.8, 4) is 0 Å². The summed E-state index contributed by atoms with van der Waals surface area (Å²) in [5, 5.41) is 5.73. The van der Waals surface area contributed by atoms with Crippen molar-refractivity contribution in [1.82, 2.24) is 5.32 Å². The first kappa shape index (κ1) is 11.4. The van der Waals surface area contributed by atoms with Crippen LogP contribution >= 0.6 is 24.0 Å². The summed E-state index contributed by atoms with van der Waals surface area (Å²) in [6.07, 6.45) is 0. The van der Waals surface area contributed by atoms with Gasteiger partial charge in [0.1, 0.15) is 9.57 Å². The first-order valence-electron chi connectivity index (χ1n) is 4.97. The van der Waals surface area contributed by atoms with E-state index in [1.807, 2.05) is 31.2 Å². The van der Waals surface area contributed by atoms with Gasteiger partial charge in [0, 0.05) is 12.2 Å². The molecule has 0 radical (unpaired) electrons. The Labute approximate surface area is 104 Å². The molecule has 1 atom stereocenters. The summed E-state index contributed by atoms with van der Waals surface area (Å²) in [6.45, 7) is 2.64. The van der Waals surface area contributed by atoms with E-state index < -0.39 is 0 Å². The molecule has 1 saturated heterocycles. The van der Waals surface area contributed by atoms with E-state index in [1.54, 1.807) is 0 Å². The zero-order chi connectivity index (χ0) is 11.5. The van der Waals surface area contributed by atoms with Crippen LogP contribution < -0.4 is 10.6 Å². The van der Waals surface area contributed by atoms with E-state index in [0.717, 1.165) is 5.69 Å².